The third-order valence-corrected chi connectivity index (χ3v) is 5.40. The number of rotatable bonds is 7. The molecule has 2 amide bonds. The number of nitrogens with zero attached hydrogens (tertiary/aromatic N) is 2. The molecule has 0 unspecified atom stereocenters. The molecule has 0 aromatic heterocycles. The van der Waals surface area contributed by atoms with Crippen molar-refractivity contribution in [3.05, 3.63) is 53.6 Å². The topological polar surface area (TPSA) is 73.9 Å². The number of benzene rings is 2. The van der Waals surface area contributed by atoms with Crippen molar-refractivity contribution in [1.29, 1.82) is 0 Å². The van der Waals surface area contributed by atoms with Gasteiger partial charge in [-0.2, -0.15) is 0 Å². The van der Waals surface area contributed by atoms with Gasteiger partial charge in [-0.1, -0.05) is 23.7 Å². The molecule has 8 heteroatoms. The maximum atomic E-state index is 12.0. The first kappa shape index (κ1) is 21.9. The fourth-order valence-electron chi connectivity index (χ4n) is 3.35. The minimum absolute atomic E-state index is 0.396. The van der Waals surface area contributed by atoms with Crippen molar-refractivity contribution in [2.75, 3.05) is 56.6 Å². The lowest BCUT2D eigenvalue weighted by atomic mass is 10.2. The zero-order valence-corrected chi connectivity index (χ0v) is 17.8. The molecule has 2 N–H and O–H groups in total. The molecule has 2 aromatic rings. The monoisotopic (exact) mass is 430 g/mol. The summed E-state index contributed by atoms with van der Waals surface area (Å²) in [6.45, 7) is 5.17. The van der Waals surface area contributed by atoms with Gasteiger partial charge in [-0.25, -0.2) is 0 Å². The Morgan fingerprint density at radius 2 is 1.70 bits per heavy atom. The van der Waals surface area contributed by atoms with E-state index in [1.54, 1.807) is 31.4 Å². The average Bonchev–Trinajstić information content (AvgIpc) is 2.78. The van der Waals surface area contributed by atoms with E-state index < -0.39 is 11.8 Å². The second-order valence-corrected chi connectivity index (χ2v) is 7.48. The molecule has 0 spiro atoms. The normalized spacial score (nSPS) is 14.3. The van der Waals surface area contributed by atoms with Gasteiger partial charge in [0, 0.05) is 38.4 Å². The Kier molecular flexibility index (Phi) is 7.93. The van der Waals surface area contributed by atoms with E-state index in [1.807, 2.05) is 12.1 Å². The van der Waals surface area contributed by atoms with E-state index in [2.05, 4.69) is 32.6 Å². The van der Waals surface area contributed by atoms with Crippen molar-refractivity contribution in [3.8, 4) is 5.75 Å². The number of methoxy groups -OCH3 is 1. The van der Waals surface area contributed by atoms with Crippen molar-refractivity contribution in [2.24, 2.45) is 0 Å². The molecule has 0 bridgehead atoms. The second kappa shape index (κ2) is 10.8. The van der Waals surface area contributed by atoms with Crippen LogP contribution < -0.4 is 20.3 Å². The molecule has 7 nitrogen and oxygen atoms in total. The zero-order chi connectivity index (χ0) is 21.3. The molecule has 1 aliphatic rings. The van der Waals surface area contributed by atoms with Crippen LogP contribution in [0.4, 0.5) is 11.4 Å². The van der Waals surface area contributed by atoms with Crippen molar-refractivity contribution in [1.82, 2.24) is 10.2 Å². The van der Waals surface area contributed by atoms with Crippen molar-refractivity contribution in [2.45, 2.75) is 6.42 Å². The maximum Gasteiger partial charge on any atom is 0.313 e. The highest BCUT2D eigenvalue weighted by atomic mass is 35.5. The zero-order valence-electron chi connectivity index (χ0n) is 17.1. The van der Waals surface area contributed by atoms with E-state index in [1.165, 1.54) is 5.69 Å². The van der Waals surface area contributed by atoms with Gasteiger partial charge in [0.25, 0.3) is 0 Å². The summed E-state index contributed by atoms with van der Waals surface area (Å²) in [4.78, 5) is 28.7. The van der Waals surface area contributed by atoms with Crippen molar-refractivity contribution >= 4 is 34.8 Å². The molecule has 160 valence electrons. The van der Waals surface area contributed by atoms with E-state index in [9.17, 15) is 9.59 Å². The number of nitrogens with one attached hydrogen (secondary N) is 2. The number of piperazine rings is 1. The molecule has 1 heterocycles. The lowest BCUT2D eigenvalue weighted by Gasteiger charge is -2.36. The van der Waals surface area contributed by atoms with Crippen LogP contribution in [0.25, 0.3) is 0 Å². The van der Waals surface area contributed by atoms with Crippen molar-refractivity contribution < 1.29 is 14.3 Å². The SMILES string of the molecule is COc1ccc(N2CCN(CCCNC(=O)C(=O)Nc3ccccc3Cl)CC2)cc1. The van der Waals surface area contributed by atoms with Gasteiger partial charge in [0.1, 0.15) is 5.75 Å². The van der Waals surface area contributed by atoms with Gasteiger partial charge < -0.3 is 20.3 Å². The Morgan fingerprint density at radius 1 is 1.00 bits per heavy atom. The minimum atomic E-state index is -0.712. The number of hydrogen-bond donors (Lipinski definition) is 2. The van der Waals surface area contributed by atoms with Crippen LogP contribution >= 0.6 is 11.6 Å². The first-order valence-corrected chi connectivity index (χ1v) is 10.4. The van der Waals surface area contributed by atoms with Gasteiger partial charge in [0.2, 0.25) is 0 Å². The summed E-state index contributed by atoms with van der Waals surface area (Å²) in [5.74, 6) is -0.504. The molecule has 0 saturated carbocycles. The molecule has 3 rings (SSSR count). The largest absolute Gasteiger partial charge is 0.497 e. The van der Waals surface area contributed by atoms with Crippen LogP contribution in [0.3, 0.4) is 0 Å². The fraction of sp³-hybridized carbons (Fsp3) is 0.364. The van der Waals surface area contributed by atoms with Crippen LogP contribution in [-0.2, 0) is 9.59 Å². The van der Waals surface area contributed by atoms with Gasteiger partial charge >= 0.3 is 11.8 Å². The summed E-state index contributed by atoms with van der Waals surface area (Å²) in [5.41, 5.74) is 1.63. The quantitative estimate of drug-likeness (QED) is 0.521. The molecule has 1 aliphatic heterocycles. The van der Waals surface area contributed by atoms with Crippen LogP contribution in [0.2, 0.25) is 5.02 Å². The van der Waals surface area contributed by atoms with Gasteiger partial charge in [-0.05, 0) is 49.4 Å². The van der Waals surface area contributed by atoms with E-state index >= 15 is 0 Å². The van der Waals surface area contributed by atoms with Crippen LogP contribution in [0.15, 0.2) is 48.5 Å². The highest BCUT2D eigenvalue weighted by Crippen LogP contribution is 2.21. The van der Waals surface area contributed by atoms with E-state index in [-0.39, 0.29) is 0 Å². The predicted octanol–water partition coefficient (Wildman–Crippen LogP) is 2.62. The highest BCUT2D eigenvalue weighted by Gasteiger charge is 2.18. The number of amides is 2. The van der Waals surface area contributed by atoms with Crippen LogP contribution in [0, 0.1) is 0 Å². The third kappa shape index (κ3) is 6.11. The third-order valence-electron chi connectivity index (χ3n) is 5.07. The number of carbonyl (C=O) groups is 2. The smallest absolute Gasteiger partial charge is 0.313 e. The van der Waals surface area contributed by atoms with Crippen LogP contribution in [0.1, 0.15) is 6.42 Å². The lowest BCUT2D eigenvalue weighted by molar-refractivity contribution is -0.136. The number of hydrogen-bond acceptors (Lipinski definition) is 5. The van der Waals surface area contributed by atoms with Gasteiger partial charge in [0.05, 0.1) is 17.8 Å². The van der Waals surface area contributed by atoms with E-state index in [0.717, 1.165) is 44.9 Å². The van der Waals surface area contributed by atoms with Gasteiger partial charge in [0.15, 0.2) is 0 Å². The summed E-state index contributed by atoms with van der Waals surface area (Å²) in [7, 11) is 1.67. The van der Waals surface area contributed by atoms with Gasteiger partial charge in [-0.15, -0.1) is 0 Å². The number of halogens is 1. The molecule has 1 fully saturated rings. The predicted molar refractivity (Wildman–Crippen MR) is 119 cm³/mol. The molecule has 0 atom stereocenters. The Labute approximate surface area is 181 Å². The summed E-state index contributed by atoms with van der Waals surface area (Å²) in [5, 5.41) is 5.58. The first-order valence-electron chi connectivity index (χ1n) is 10.0. The van der Waals surface area contributed by atoms with Crippen LogP contribution in [-0.4, -0.2) is 63.1 Å². The average molecular weight is 431 g/mol. The Balaban J connectivity index is 1.32. The maximum absolute atomic E-state index is 12.0. The Hall–Kier alpha value is -2.77. The van der Waals surface area contributed by atoms with Crippen molar-refractivity contribution in [3.63, 3.8) is 0 Å². The molecular formula is C22H27ClN4O3. The number of carbonyl (C=O) groups excluding carboxylic acids is 2. The molecule has 2 aromatic carbocycles. The van der Waals surface area contributed by atoms with E-state index in [4.69, 9.17) is 16.3 Å². The number of para-hydroxylation sites is 1. The summed E-state index contributed by atoms with van der Waals surface area (Å²) >= 11 is 5.99. The second-order valence-electron chi connectivity index (χ2n) is 7.07. The lowest BCUT2D eigenvalue weighted by Crippen LogP contribution is -2.47. The summed E-state index contributed by atoms with van der Waals surface area (Å²) < 4.78 is 5.21. The van der Waals surface area contributed by atoms with Gasteiger partial charge in [-0.3, -0.25) is 14.5 Å². The minimum Gasteiger partial charge on any atom is -0.497 e. The van der Waals surface area contributed by atoms with Crippen LogP contribution in [0.5, 0.6) is 5.75 Å². The first-order chi connectivity index (χ1) is 14.6. The number of ether oxygens (including phenoxy) is 1. The molecule has 0 radical (unpaired) electrons. The number of anilines is 2. The molecule has 30 heavy (non-hydrogen) atoms. The Bertz CT molecular complexity index is 852. The fourth-order valence-corrected chi connectivity index (χ4v) is 3.53. The summed E-state index contributed by atoms with van der Waals surface area (Å²) in [6, 6.07) is 14.9. The molecule has 0 aliphatic carbocycles. The molecule has 1 saturated heterocycles. The standard InChI is InChI=1S/C22H27ClN4O3/c1-30-18-9-7-17(8-10-18)27-15-13-26(14-16-27)12-4-11-24-21(28)22(29)25-20-6-3-2-5-19(20)23/h2-3,5-10H,4,11-16H2,1H3,(H,24,28)(H,25,29). The highest BCUT2D eigenvalue weighted by molar-refractivity contribution is 6.41. The Morgan fingerprint density at radius 3 is 2.37 bits per heavy atom. The molecular weight excluding hydrogens is 404 g/mol. The van der Waals surface area contributed by atoms with E-state index in [0.29, 0.717) is 17.3 Å². The summed E-state index contributed by atoms with van der Waals surface area (Å²) in [6.07, 6.45) is 0.785.